The van der Waals surface area contributed by atoms with Crippen LogP contribution in [0.4, 0.5) is 0 Å². The van der Waals surface area contributed by atoms with Crippen LogP contribution in [0.1, 0.15) is 0 Å². The maximum absolute atomic E-state index is 5.11. The Bertz CT molecular complexity index is 3590. The molecule has 0 unspecified atom stereocenters. The maximum Gasteiger partial charge on any atom is 0.160 e. The Morgan fingerprint density at radius 1 is 0.222 bits per heavy atom. The molecule has 0 spiro atoms. The van der Waals surface area contributed by atoms with Gasteiger partial charge in [0, 0.05) is 74.4 Å². The Morgan fingerprint density at radius 2 is 0.472 bits per heavy atom. The molecule has 0 saturated carbocycles. The van der Waals surface area contributed by atoms with Gasteiger partial charge < -0.3 is 0 Å². The van der Waals surface area contributed by atoms with Gasteiger partial charge in [0.2, 0.25) is 0 Å². The fourth-order valence-electron chi connectivity index (χ4n) is 9.58. The van der Waals surface area contributed by atoms with Gasteiger partial charge in [-0.2, -0.15) is 0 Å². The number of rotatable bonds is 10. The van der Waals surface area contributed by atoms with Crippen molar-refractivity contribution in [2.45, 2.75) is 0 Å². The van der Waals surface area contributed by atoms with Crippen molar-refractivity contribution in [3.8, 4) is 111 Å². The zero-order valence-electron chi connectivity index (χ0n) is 38.9. The van der Waals surface area contributed by atoms with Crippen LogP contribution < -0.4 is 0 Å². The molecule has 338 valence electrons. The lowest BCUT2D eigenvalue weighted by atomic mass is 9.93. The zero-order chi connectivity index (χ0) is 47.8. The minimum atomic E-state index is 0.708. The minimum Gasteiger partial charge on any atom is -0.228 e. The molecule has 9 aromatic carbocycles. The standard InChI is InChI=1S/C66H42N4S2/c1-7-19-43(20-8-1)55-41-57(69-65(67-55)51-27-15-5-16-28-51)45-31-35-47(36-32-45)59-39-53-61(49-23-11-3-12-24-49)64-54(62(63(53)71-59)50-25-13-4-14-26-50)40-60(72-64)48-37-33-46(34-38-48)58-42-56(44-21-9-2-10-22-44)68-66(70-58)52-29-17-6-18-30-52/h1-42H. The van der Waals surface area contributed by atoms with Gasteiger partial charge in [-0.3, -0.25) is 0 Å². The van der Waals surface area contributed by atoms with Crippen LogP contribution in [0.2, 0.25) is 0 Å². The van der Waals surface area contributed by atoms with Crippen molar-refractivity contribution in [3.63, 3.8) is 0 Å². The number of hydrogen-bond donors (Lipinski definition) is 0. The molecule has 72 heavy (non-hydrogen) atoms. The largest absolute Gasteiger partial charge is 0.228 e. The van der Waals surface area contributed by atoms with Gasteiger partial charge in [-0.15, -0.1) is 22.7 Å². The molecule has 0 bridgehead atoms. The number of hydrogen-bond acceptors (Lipinski definition) is 6. The monoisotopic (exact) mass is 954 g/mol. The fraction of sp³-hybridized carbons (Fsp3) is 0. The van der Waals surface area contributed by atoms with E-state index in [-0.39, 0.29) is 0 Å². The van der Waals surface area contributed by atoms with E-state index in [4.69, 9.17) is 19.9 Å². The van der Waals surface area contributed by atoms with E-state index >= 15 is 0 Å². The molecule has 0 fully saturated rings. The molecule has 0 amide bonds. The molecule has 0 aliphatic carbocycles. The molecular weight excluding hydrogens is 913 g/mol. The van der Waals surface area contributed by atoms with Crippen molar-refractivity contribution in [1.29, 1.82) is 0 Å². The van der Waals surface area contributed by atoms with Crippen LogP contribution in [0.3, 0.4) is 0 Å². The molecule has 4 heterocycles. The van der Waals surface area contributed by atoms with Crippen LogP contribution in [-0.4, -0.2) is 19.9 Å². The second-order valence-corrected chi connectivity index (χ2v) is 19.8. The highest BCUT2D eigenvalue weighted by molar-refractivity contribution is 7.25. The number of fused-ring (bicyclic) bond motifs is 2. The summed E-state index contributed by atoms with van der Waals surface area (Å²) < 4.78 is 2.55. The summed E-state index contributed by atoms with van der Waals surface area (Å²) >= 11 is 3.73. The average molecular weight is 955 g/mol. The van der Waals surface area contributed by atoms with Crippen molar-refractivity contribution in [3.05, 3.63) is 255 Å². The first-order valence-corrected chi connectivity index (χ1v) is 25.7. The third-order valence-corrected chi connectivity index (χ3v) is 15.6. The van der Waals surface area contributed by atoms with Gasteiger partial charge in [-0.25, -0.2) is 19.9 Å². The van der Waals surface area contributed by atoms with Gasteiger partial charge in [0.1, 0.15) is 0 Å². The van der Waals surface area contributed by atoms with E-state index < -0.39 is 0 Å². The summed E-state index contributed by atoms with van der Waals surface area (Å²) in [6, 6.07) is 89.8. The highest BCUT2D eigenvalue weighted by Gasteiger charge is 2.23. The van der Waals surface area contributed by atoms with Gasteiger partial charge in [0.25, 0.3) is 0 Å². The van der Waals surface area contributed by atoms with E-state index in [1.165, 1.54) is 52.2 Å². The first-order valence-electron chi connectivity index (χ1n) is 24.0. The average Bonchev–Trinajstić information content (AvgIpc) is 4.11. The van der Waals surface area contributed by atoms with E-state index in [1.807, 2.05) is 71.2 Å². The van der Waals surface area contributed by atoms with Gasteiger partial charge in [0.15, 0.2) is 11.6 Å². The SMILES string of the molecule is c1ccc(-c2cc(-c3ccc(-c4cc5c(-c6ccccc6)c6sc(-c7ccc(-c8cc(-c9ccccc9)nc(-c9ccccc9)n8)cc7)cc6c(-c6ccccc6)c5s4)cc3)nc(-c3ccccc3)n2)cc1. The number of benzene rings is 9. The minimum absolute atomic E-state index is 0.708. The van der Waals surface area contributed by atoms with E-state index in [2.05, 4.69) is 206 Å². The normalized spacial score (nSPS) is 11.3. The first kappa shape index (κ1) is 43.1. The maximum atomic E-state index is 5.11. The first-order chi connectivity index (χ1) is 35.7. The van der Waals surface area contributed by atoms with E-state index in [1.54, 1.807) is 0 Å². The molecule has 4 aromatic heterocycles. The number of thiophene rings is 2. The van der Waals surface area contributed by atoms with Crippen molar-refractivity contribution < 1.29 is 0 Å². The quantitative estimate of drug-likeness (QED) is 0.137. The van der Waals surface area contributed by atoms with E-state index in [9.17, 15) is 0 Å². The predicted molar refractivity (Wildman–Crippen MR) is 303 cm³/mol. The Morgan fingerprint density at radius 3 is 0.778 bits per heavy atom. The van der Waals surface area contributed by atoms with Crippen LogP contribution in [0, 0.1) is 0 Å². The Kier molecular flexibility index (Phi) is 11.2. The van der Waals surface area contributed by atoms with Gasteiger partial charge in [-0.1, -0.05) is 231 Å². The highest BCUT2D eigenvalue weighted by atomic mass is 32.1. The lowest BCUT2D eigenvalue weighted by Crippen LogP contribution is -1.95. The van der Waals surface area contributed by atoms with Crippen LogP contribution in [-0.2, 0) is 0 Å². The van der Waals surface area contributed by atoms with Crippen LogP contribution in [0.15, 0.2) is 255 Å². The lowest BCUT2D eigenvalue weighted by molar-refractivity contribution is 1.18. The molecule has 4 nitrogen and oxygen atoms in total. The molecule has 13 rings (SSSR count). The summed E-state index contributed by atoms with van der Waals surface area (Å²) in [6.45, 7) is 0. The van der Waals surface area contributed by atoms with Crippen molar-refractivity contribution in [1.82, 2.24) is 19.9 Å². The summed E-state index contributed by atoms with van der Waals surface area (Å²) in [6.07, 6.45) is 0. The Labute approximate surface area is 426 Å². The van der Waals surface area contributed by atoms with Crippen LogP contribution in [0.25, 0.3) is 131 Å². The summed E-state index contributed by atoms with van der Waals surface area (Å²) in [7, 11) is 0. The molecular formula is C66H42N4S2. The van der Waals surface area contributed by atoms with Gasteiger partial charge >= 0.3 is 0 Å². The topological polar surface area (TPSA) is 51.6 Å². The molecule has 0 aliphatic heterocycles. The summed E-state index contributed by atoms with van der Waals surface area (Å²) in [5.41, 5.74) is 17.0. The smallest absolute Gasteiger partial charge is 0.160 e. The third-order valence-electron chi connectivity index (χ3n) is 13.2. The Balaban J connectivity index is 0.919. The fourth-order valence-corrected chi connectivity index (χ4v) is 12.1. The summed E-state index contributed by atoms with van der Waals surface area (Å²) in [4.78, 5) is 22.7. The lowest BCUT2D eigenvalue weighted by Gasteiger charge is -2.12. The van der Waals surface area contributed by atoms with Crippen LogP contribution in [0.5, 0.6) is 0 Å². The molecule has 0 N–H and O–H groups in total. The molecule has 0 radical (unpaired) electrons. The van der Waals surface area contributed by atoms with Crippen molar-refractivity contribution in [2.75, 3.05) is 0 Å². The molecule has 13 aromatic rings. The highest BCUT2D eigenvalue weighted by Crippen LogP contribution is 2.52. The van der Waals surface area contributed by atoms with Gasteiger partial charge in [-0.05, 0) is 46.5 Å². The van der Waals surface area contributed by atoms with Crippen molar-refractivity contribution >= 4 is 42.8 Å². The van der Waals surface area contributed by atoms with Crippen LogP contribution >= 0.6 is 22.7 Å². The molecule has 0 saturated heterocycles. The number of nitrogens with zero attached hydrogens (tertiary/aromatic N) is 4. The molecule has 6 heteroatoms. The van der Waals surface area contributed by atoms with E-state index in [0.29, 0.717) is 11.6 Å². The second-order valence-electron chi connectivity index (χ2n) is 17.7. The van der Waals surface area contributed by atoms with Gasteiger partial charge in [0.05, 0.1) is 22.8 Å². The second kappa shape index (κ2) is 18.8. The summed E-state index contributed by atoms with van der Waals surface area (Å²) in [5, 5.41) is 2.51. The summed E-state index contributed by atoms with van der Waals surface area (Å²) in [5.74, 6) is 1.42. The number of aromatic nitrogens is 4. The van der Waals surface area contributed by atoms with E-state index in [0.717, 1.165) is 67.3 Å². The predicted octanol–water partition coefficient (Wildman–Crippen LogP) is 18.4. The zero-order valence-corrected chi connectivity index (χ0v) is 40.5. The van der Waals surface area contributed by atoms with Crippen molar-refractivity contribution in [2.24, 2.45) is 0 Å². The molecule has 0 aliphatic rings. The molecule has 0 atom stereocenters. The Hall–Kier alpha value is -8.94. The third kappa shape index (κ3) is 8.28.